The lowest BCUT2D eigenvalue weighted by molar-refractivity contribution is 0.403. The van der Waals surface area contributed by atoms with E-state index in [1.54, 1.807) is 12.1 Å². The van der Waals surface area contributed by atoms with E-state index in [9.17, 15) is 10.2 Å². The molecule has 0 saturated carbocycles. The third-order valence-electron chi connectivity index (χ3n) is 2.65. The number of hydrogen-bond donors (Lipinski definition) is 2. The molecule has 1 heterocycles. The second-order valence-corrected chi connectivity index (χ2v) is 4.81. The smallest absolute Gasteiger partial charge is 0.158 e. The van der Waals surface area contributed by atoms with Crippen LogP contribution in [0.4, 0.5) is 0 Å². The Morgan fingerprint density at radius 2 is 1.93 bits per heavy atom. The van der Waals surface area contributed by atoms with E-state index in [-0.39, 0.29) is 16.9 Å². The minimum absolute atomic E-state index is 0.0834. The molecule has 0 aliphatic carbocycles. The summed E-state index contributed by atoms with van der Waals surface area (Å²) in [4.78, 5) is 4.45. The van der Waals surface area contributed by atoms with Gasteiger partial charge in [-0.1, -0.05) is 13.8 Å². The van der Waals surface area contributed by atoms with Crippen molar-refractivity contribution in [2.24, 2.45) is 10.4 Å². The number of hydrogen-bond acceptors (Lipinski definition) is 3. The molecule has 0 bridgehead atoms. The Labute approximate surface area is 89.1 Å². The van der Waals surface area contributed by atoms with Crippen molar-refractivity contribution in [3.8, 4) is 11.5 Å². The summed E-state index contributed by atoms with van der Waals surface area (Å²) in [6, 6.07) is 4.85. The van der Waals surface area contributed by atoms with E-state index in [0.29, 0.717) is 0 Å². The Bertz CT molecular complexity index is 422. The van der Waals surface area contributed by atoms with Crippen molar-refractivity contribution in [2.45, 2.75) is 20.3 Å². The van der Waals surface area contributed by atoms with Crippen LogP contribution in [0.1, 0.15) is 25.8 Å². The topological polar surface area (TPSA) is 52.8 Å². The van der Waals surface area contributed by atoms with Crippen molar-refractivity contribution in [3.05, 3.63) is 23.8 Å². The fourth-order valence-electron chi connectivity index (χ4n) is 1.77. The van der Waals surface area contributed by atoms with Crippen LogP contribution in [0.3, 0.4) is 0 Å². The van der Waals surface area contributed by atoms with Crippen LogP contribution in [0, 0.1) is 5.41 Å². The molecule has 0 spiro atoms. The number of rotatable bonds is 1. The molecule has 15 heavy (non-hydrogen) atoms. The van der Waals surface area contributed by atoms with Crippen molar-refractivity contribution < 1.29 is 10.2 Å². The van der Waals surface area contributed by atoms with Gasteiger partial charge in [0, 0.05) is 12.3 Å². The SMILES string of the molecule is CC1(C)CN=C(c2ccc(O)c(O)c2)C1. The number of aromatic hydroxyl groups is 2. The van der Waals surface area contributed by atoms with E-state index in [1.165, 1.54) is 6.07 Å². The number of nitrogens with zero attached hydrogens (tertiary/aromatic N) is 1. The van der Waals surface area contributed by atoms with Crippen LogP contribution in [0.2, 0.25) is 0 Å². The largest absolute Gasteiger partial charge is 0.504 e. The summed E-state index contributed by atoms with van der Waals surface area (Å²) in [5, 5.41) is 18.6. The van der Waals surface area contributed by atoms with Gasteiger partial charge in [-0.15, -0.1) is 0 Å². The molecule has 0 radical (unpaired) electrons. The summed E-state index contributed by atoms with van der Waals surface area (Å²) in [5.41, 5.74) is 2.12. The molecule has 2 N–H and O–H groups in total. The maximum atomic E-state index is 9.39. The van der Waals surface area contributed by atoms with E-state index < -0.39 is 0 Å². The second kappa shape index (κ2) is 3.26. The molecule has 1 aromatic carbocycles. The average molecular weight is 205 g/mol. The summed E-state index contributed by atoms with van der Waals surface area (Å²) in [7, 11) is 0. The van der Waals surface area contributed by atoms with E-state index >= 15 is 0 Å². The van der Waals surface area contributed by atoms with Gasteiger partial charge in [-0.2, -0.15) is 0 Å². The quantitative estimate of drug-likeness (QED) is 0.691. The normalized spacial score (nSPS) is 18.9. The Kier molecular flexibility index (Phi) is 2.18. The fourth-order valence-corrected chi connectivity index (χ4v) is 1.77. The lowest BCUT2D eigenvalue weighted by Gasteiger charge is -2.14. The highest BCUT2D eigenvalue weighted by Gasteiger charge is 2.26. The lowest BCUT2D eigenvalue weighted by Crippen LogP contribution is -2.12. The number of benzene rings is 1. The average Bonchev–Trinajstić information content (AvgIpc) is 2.51. The zero-order valence-corrected chi connectivity index (χ0v) is 8.99. The van der Waals surface area contributed by atoms with Crippen LogP contribution in [-0.2, 0) is 0 Å². The van der Waals surface area contributed by atoms with Gasteiger partial charge in [0.2, 0.25) is 0 Å². The summed E-state index contributed by atoms with van der Waals surface area (Å²) in [6.45, 7) is 5.16. The van der Waals surface area contributed by atoms with Gasteiger partial charge in [-0.3, -0.25) is 4.99 Å². The first kappa shape index (κ1) is 10.0. The first-order valence-electron chi connectivity index (χ1n) is 5.04. The third-order valence-corrected chi connectivity index (χ3v) is 2.65. The van der Waals surface area contributed by atoms with Crippen molar-refractivity contribution in [3.63, 3.8) is 0 Å². The van der Waals surface area contributed by atoms with Crippen LogP contribution >= 0.6 is 0 Å². The van der Waals surface area contributed by atoms with Crippen molar-refractivity contribution in [1.29, 1.82) is 0 Å². The maximum Gasteiger partial charge on any atom is 0.158 e. The summed E-state index contributed by atoms with van der Waals surface area (Å²) in [5.74, 6) is -0.170. The Hall–Kier alpha value is -1.51. The molecule has 1 aliphatic rings. The first-order chi connectivity index (χ1) is 6.98. The second-order valence-electron chi connectivity index (χ2n) is 4.81. The number of phenolic OH excluding ortho intramolecular Hbond substituents is 2. The molecule has 0 aromatic heterocycles. The third kappa shape index (κ3) is 1.96. The van der Waals surface area contributed by atoms with Gasteiger partial charge < -0.3 is 10.2 Å². The van der Waals surface area contributed by atoms with Gasteiger partial charge in [0.1, 0.15) is 0 Å². The highest BCUT2D eigenvalue weighted by atomic mass is 16.3. The van der Waals surface area contributed by atoms with Crippen molar-refractivity contribution in [2.75, 3.05) is 6.54 Å². The predicted octanol–water partition coefficient (Wildman–Crippen LogP) is 2.32. The van der Waals surface area contributed by atoms with E-state index in [2.05, 4.69) is 18.8 Å². The molecule has 3 nitrogen and oxygen atoms in total. The molecule has 80 valence electrons. The van der Waals surface area contributed by atoms with Gasteiger partial charge in [-0.25, -0.2) is 0 Å². The Morgan fingerprint density at radius 1 is 1.20 bits per heavy atom. The zero-order valence-electron chi connectivity index (χ0n) is 8.99. The molecule has 0 saturated heterocycles. The molecule has 0 unspecified atom stereocenters. The maximum absolute atomic E-state index is 9.39. The molecular weight excluding hydrogens is 190 g/mol. The standard InChI is InChI=1S/C12H15NO2/c1-12(2)6-9(13-7-12)8-3-4-10(14)11(15)5-8/h3-5,14-15H,6-7H2,1-2H3. The predicted molar refractivity (Wildman–Crippen MR) is 59.6 cm³/mol. The van der Waals surface area contributed by atoms with Gasteiger partial charge >= 0.3 is 0 Å². The Morgan fingerprint density at radius 3 is 2.47 bits per heavy atom. The van der Waals surface area contributed by atoms with E-state index in [0.717, 1.165) is 24.2 Å². The van der Waals surface area contributed by atoms with Crippen LogP contribution < -0.4 is 0 Å². The number of aliphatic imine (C=N–C) groups is 1. The highest BCUT2D eigenvalue weighted by molar-refractivity contribution is 6.02. The van der Waals surface area contributed by atoms with Gasteiger partial charge in [0.25, 0.3) is 0 Å². The van der Waals surface area contributed by atoms with Gasteiger partial charge in [0.15, 0.2) is 11.5 Å². The van der Waals surface area contributed by atoms with Gasteiger partial charge in [-0.05, 0) is 35.6 Å². The van der Waals surface area contributed by atoms with E-state index in [1.807, 2.05) is 0 Å². The van der Waals surface area contributed by atoms with Crippen LogP contribution in [-0.4, -0.2) is 22.5 Å². The molecule has 1 aliphatic heterocycles. The minimum Gasteiger partial charge on any atom is -0.504 e. The molecule has 0 amide bonds. The van der Waals surface area contributed by atoms with Crippen LogP contribution in [0.15, 0.2) is 23.2 Å². The fraction of sp³-hybridized carbons (Fsp3) is 0.417. The molecule has 1 aromatic rings. The van der Waals surface area contributed by atoms with Gasteiger partial charge in [0.05, 0.1) is 0 Å². The van der Waals surface area contributed by atoms with Crippen molar-refractivity contribution in [1.82, 2.24) is 0 Å². The lowest BCUT2D eigenvalue weighted by atomic mass is 9.88. The molecular formula is C12H15NO2. The van der Waals surface area contributed by atoms with Crippen molar-refractivity contribution >= 4 is 5.71 Å². The monoisotopic (exact) mass is 205 g/mol. The summed E-state index contributed by atoms with van der Waals surface area (Å²) < 4.78 is 0. The van der Waals surface area contributed by atoms with Crippen LogP contribution in [0.5, 0.6) is 11.5 Å². The zero-order chi connectivity index (χ0) is 11.1. The number of phenols is 2. The summed E-state index contributed by atoms with van der Waals surface area (Å²) >= 11 is 0. The highest BCUT2D eigenvalue weighted by Crippen LogP contribution is 2.32. The molecule has 0 fully saturated rings. The Balaban J connectivity index is 2.29. The molecule has 3 heteroatoms. The molecule has 2 rings (SSSR count). The molecule has 0 atom stereocenters. The van der Waals surface area contributed by atoms with E-state index in [4.69, 9.17) is 0 Å². The summed E-state index contributed by atoms with van der Waals surface area (Å²) in [6.07, 6.45) is 0.914. The first-order valence-corrected chi connectivity index (χ1v) is 5.04. The minimum atomic E-state index is -0.0865. The van der Waals surface area contributed by atoms with Crippen LogP contribution in [0.25, 0.3) is 0 Å².